The summed E-state index contributed by atoms with van der Waals surface area (Å²) in [6.45, 7) is 4.54. The third kappa shape index (κ3) is 8.04. The Morgan fingerprint density at radius 2 is 1.76 bits per heavy atom. The molecule has 182 valence electrons. The second-order valence-electron chi connectivity index (χ2n) is 8.35. The zero-order valence-corrected chi connectivity index (χ0v) is 19.9. The van der Waals surface area contributed by atoms with Gasteiger partial charge in [-0.05, 0) is 30.9 Å². The fourth-order valence-corrected chi connectivity index (χ4v) is 3.89. The van der Waals surface area contributed by atoms with E-state index in [9.17, 15) is 24.3 Å². The van der Waals surface area contributed by atoms with Gasteiger partial charge in [-0.15, -0.1) is 0 Å². The minimum atomic E-state index is -1.21. The van der Waals surface area contributed by atoms with E-state index in [-0.39, 0.29) is 30.0 Å². The molecule has 3 amide bonds. The van der Waals surface area contributed by atoms with Crippen LogP contribution < -0.4 is 21.3 Å². The van der Waals surface area contributed by atoms with Crippen molar-refractivity contribution in [2.75, 3.05) is 12.3 Å². The maximum atomic E-state index is 13.2. The van der Waals surface area contributed by atoms with Gasteiger partial charge >= 0.3 is 5.97 Å². The van der Waals surface area contributed by atoms with Gasteiger partial charge in [-0.1, -0.05) is 50.6 Å². The second kappa shape index (κ2) is 13.2. The van der Waals surface area contributed by atoms with Crippen LogP contribution in [0.3, 0.4) is 0 Å². The van der Waals surface area contributed by atoms with Gasteiger partial charge in [0.1, 0.15) is 18.1 Å². The summed E-state index contributed by atoms with van der Waals surface area (Å²) >= 11 is 3.98. The van der Waals surface area contributed by atoms with E-state index in [0.717, 1.165) is 18.5 Å². The van der Waals surface area contributed by atoms with Crippen LogP contribution in [0.25, 0.3) is 0 Å². The number of hydrogen-bond donors (Lipinski definition) is 6. The Hall–Kier alpha value is -2.59. The molecule has 0 bridgehead atoms. The summed E-state index contributed by atoms with van der Waals surface area (Å²) in [6, 6.07) is 5.75. The van der Waals surface area contributed by atoms with Gasteiger partial charge in [-0.2, -0.15) is 12.6 Å². The molecular weight excluding hydrogens is 444 g/mol. The zero-order valence-electron chi connectivity index (χ0n) is 19.0. The number of carboxylic acids is 1. The first-order chi connectivity index (χ1) is 15.8. The number of aliphatic carboxylic acids is 1. The molecular formula is C23H34N4O5S. The molecule has 1 heterocycles. The molecule has 0 saturated carbocycles. The maximum absolute atomic E-state index is 13.2. The Balaban J connectivity index is 2.18. The molecule has 5 unspecified atom stereocenters. The normalized spacial score (nSPS) is 19.1. The molecule has 5 N–H and O–H groups in total. The number of carbonyl (C=O) groups excluding carboxylic acids is 3. The lowest BCUT2D eigenvalue weighted by atomic mass is 9.96. The van der Waals surface area contributed by atoms with Gasteiger partial charge in [0.15, 0.2) is 0 Å². The molecule has 0 spiro atoms. The fourth-order valence-electron chi connectivity index (χ4n) is 3.64. The number of benzene rings is 1. The second-order valence-corrected chi connectivity index (χ2v) is 8.72. The van der Waals surface area contributed by atoms with E-state index in [4.69, 9.17) is 0 Å². The number of hydrogen-bond acceptors (Lipinski definition) is 6. The first-order valence-electron chi connectivity index (χ1n) is 11.3. The highest BCUT2D eigenvalue weighted by Crippen LogP contribution is 2.12. The number of thiol groups is 1. The summed E-state index contributed by atoms with van der Waals surface area (Å²) in [5, 5.41) is 20.4. The van der Waals surface area contributed by atoms with Crippen LogP contribution in [0.1, 0.15) is 38.7 Å². The molecule has 10 heteroatoms. The molecule has 1 aromatic rings. The summed E-state index contributed by atoms with van der Waals surface area (Å²) in [6.07, 6.45) is 2.42. The van der Waals surface area contributed by atoms with Gasteiger partial charge in [0, 0.05) is 12.2 Å². The topological polar surface area (TPSA) is 137 Å². The molecule has 2 rings (SSSR count). The van der Waals surface area contributed by atoms with E-state index in [0.29, 0.717) is 12.8 Å². The van der Waals surface area contributed by atoms with E-state index in [2.05, 4.69) is 33.9 Å². The van der Waals surface area contributed by atoms with E-state index < -0.39 is 35.9 Å². The highest BCUT2D eigenvalue weighted by molar-refractivity contribution is 7.80. The molecule has 1 fully saturated rings. The van der Waals surface area contributed by atoms with Crippen molar-refractivity contribution < 1.29 is 24.3 Å². The molecule has 33 heavy (non-hydrogen) atoms. The number of amides is 3. The Morgan fingerprint density at radius 3 is 2.30 bits per heavy atom. The Kier molecular flexibility index (Phi) is 10.7. The van der Waals surface area contributed by atoms with Crippen molar-refractivity contribution in [3.05, 3.63) is 35.9 Å². The minimum Gasteiger partial charge on any atom is -0.480 e. The molecule has 1 aliphatic heterocycles. The first-order valence-corrected chi connectivity index (χ1v) is 11.9. The van der Waals surface area contributed by atoms with Crippen molar-refractivity contribution in [1.29, 1.82) is 0 Å². The Morgan fingerprint density at radius 1 is 1.09 bits per heavy atom. The van der Waals surface area contributed by atoms with Crippen LogP contribution >= 0.6 is 12.6 Å². The zero-order chi connectivity index (χ0) is 24.4. The molecule has 0 radical (unpaired) electrons. The fraction of sp³-hybridized carbons (Fsp3) is 0.565. The average Bonchev–Trinajstić information content (AvgIpc) is 3.35. The van der Waals surface area contributed by atoms with Gasteiger partial charge in [-0.25, -0.2) is 4.79 Å². The summed E-state index contributed by atoms with van der Waals surface area (Å²) in [7, 11) is 0. The van der Waals surface area contributed by atoms with Gasteiger partial charge in [-0.3, -0.25) is 14.4 Å². The SMILES string of the molecule is CCC(C)C(NC(=O)C1CCCN1)C(=O)NC(Cc1ccccc1)C(=O)NC(CS)C(=O)O. The summed E-state index contributed by atoms with van der Waals surface area (Å²) < 4.78 is 0. The van der Waals surface area contributed by atoms with Crippen molar-refractivity contribution in [2.45, 2.75) is 63.7 Å². The molecule has 1 aliphatic rings. The lowest BCUT2D eigenvalue weighted by Crippen LogP contribution is -2.59. The van der Waals surface area contributed by atoms with E-state index in [1.54, 1.807) is 0 Å². The van der Waals surface area contributed by atoms with Crippen LogP contribution in [0.15, 0.2) is 30.3 Å². The first kappa shape index (κ1) is 26.7. The van der Waals surface area contributed by atoms with Crippen LogP contribution in [-0.4, -0.2) is 65.3 Å². The van der Waals surface area contributed by atoms with Crippen molar-refractivity contribution >= 4 is 36.3 Å². The van der Waals surface area contributed by atoms with Crippen molar-refractivity contribution in [3.63, 3.8) is 0 Å². The third-order valence-corrected chi connectivity index (χ3v) is 6.25. The molecule has 0 aromatic heterocycles. The predicted octanol–water partition coefficient (Wildman–Crippen LogP) is 0.496. The standard InChI is InChI=1S/C23H34N4O5S/c1-3-14(2)19(27-20(28)16-10-7-11-24-16)22(30)25-17(12-15-8-5-4-6-9-15)21(29)26-18(13-33)23(31)32/h4-6,8-9,14,16-19,24,33H,3,7,10-13H2,1-2H3,(H,25,30)(H,26,29)(H,27,28)(H,31,32). The highest BCUT2D eigenvalue weighted by atomic mass is 32.1. The molecule has 5 atom stereocenters. The van der Waals surface area contributed by atoms with E-state index in [1.807, 2.05) is 44.2 Å². The minimum absolute atomic E-state index is 0.0903. The van der Waals surface area contributed by atoms with Gasteiger partial charge < -0.3 is 26.4 Å². The van der Waals surface area contributed by atoms with Crippen LogP contribution in [0, 0.1) is 5.92 Å². The van der Waals surface area contributed by atoms with Crippen LogP contribution in [-0.2, 0) is 25.6 Å². The van der Waals surface area contributed by atoms with Crippen LogP contribution in [0.2, 0.25) is 0 Å². The van der Waals surface area contributed by atoms with Crippen molar-refractivity contribution in [3.8, 4) is 0 Å². The van der Waals surface area contributed by atoms with Crippen molar-refractivity contribution in [1.82, 2.24) is 21.3 Å². The van der Waals surface area contributed by atoms with Gasteiger partial charge in [0.25, 0.3) is 0 Å². The lowest BCUT2D eigenvalue weighted by molar-refractivity contribution is -0.141. The number of nitrogens with one attached hydrogen (secondary N) is 4. The lowest BCUT2D eigenvalue weighted by Gasteiger charge is -2.28. The third-order valence-electron chi connectivity index (χ3n) is 5.88. The van der Waals surface area contributed by atoms with Crippen molar-refractivity contribution in [2.24, 2.45) is 5.92 Å². The Labute approximate surface area is 199 Å². The average molecular weight is 479 g/mol. The van der Waals surface area contributed by atoms with E-state index in [1.165, 1.54) is 0 Å². The largest absolute Gasteiger partial charge is 0.480 e. The van der Waals surface area contributed by atoms with Gasteiger partial charge in [0.05, 0.1) is 6.04 Å². The number of carboxylic acid groups (broad SMARTS) is 1. The van der Waals surface area contributed by atoms with E-state index >= 15 is 0 Å². The number of rotatable bonds is 12. The molecule has 1 saturated heterocycles. The van der Waals surface area contributed by atoms with Gasteiger partial charge in [0.2, 0.25) is 17.7 Å². The summed E-state index contributed by atoms with van der Waals surface area (Å²) in [5.74, 6) is -2.81. The highest BCUT2D eigenvalue weighted by Gasteiger charge is 2.33. The van der Waals surface area contributed by atoms with Crippen LogP contribution in [0.4, 0.5) is 0 Å². The smallest absolute Gasteiger partial charge is 0.327 e. The molecule has 0 aliphatic carbocycles. The predicted molar refractivity (Wildman–Crippen MR) is 128 cm³/mol. The quantitative estimate of drug-likeness (QED) is 0.242. The maximum Gasteiger partial charge on any atom is 0.327 e. The monoisotopic (exact) mass is 478 g/mol. The molecule has 1 aromatic carbocycles. The molecule has 9 nitrogen and oxygen atoms in total. The Bertz CT molecular complexity index is 816. The summed E-state index contributed by atoms with van der Waals surface area (Å²) in [5.41, 5.74) is 0.801. The number of carbonyl (C=O) groups is 4. The summed E-state index contributed by atoms with van der Waals surface area (Å²) in [4.78, 5) is 50.2. The van der Waals surface area contributed by atoms with Crippen LogP contribution in [0.5, 0.6) is 0 Å².